The van der Waals surface area contributed by atoms with Crippen LogP contribution in [0.3, 0.4) is 0 Å². The summed E-state index contributed by atoms with van der Waals surface area (Å²) in [6.07, 6.45) is 8.29. The van der Waals surface area contributed by atoms with Crippen LogP contribution in [-0.4, -0.2) is 21.8 Å². The van der Waals surface area contributed by atoms with E-state index in [0.29, 0.717) is 18.5 Å². The number of guanidine groups is 1. The van der Waals surface area contributed by atoms with Gasteiger partial charge in [-0.1, -0.05) is 33.1 Å². The lowest BCUT2D eigenvalue weighted by Gasteiger charge is -2.23. The van der Waals surface area contributed by atoms with Crippen LogP contribution in [0, 0.1) is 0 Å². The van der Waals surface area contributed by atoms with Crippen LogP contribution in [0.2, 0.25) is 0 Å². The number of nitrogens with two attached hydrogens (primary N) is 1. The van der Waals surface area contributed by atoms with Gasteiger partial charge in [-0.2, -0.15) is 5.10 Å². The Bertz CT molecular complexity index is 483. The van der Waals surface area contributed by atoms with E-state index in [1.54, 1.807) is 0 Å². The van der Waals surface area contributed by atoms with Crippen molar-refractivity contribution in [3.05, 3.63) is 17.0 Å². The molecule has 1 saturated carbocycles. The second kappa shape index (κ2) is 7.48. The molecular weight excluding hydrogens is 262 g/mol. The van der Waals surface area contributed by atoms with Crippen molar-refractivity contribution in [3.63, 3.8) is 0 Å². The molecule has 0 aliphatic heterocycles. The molecule has 0 amide bonds. The van der Waals surface area contributed by atoms with Gasteiger partial charge in [-0.3, -0.25) is 4.68 Å². The molecule has 0 atom stereocenters. The molecule has 21 heavy (non-hydrogen) atoms. The number of hydrogen-bond donors (Lipinski definition) is 2. The van der Waals surface area contributed by atoms with Crippen molar-refractivity contribution < 1.29 is 0 Å². The van der Waals surface area contributed by atoms with Gasteiger partial charge in [0.25, 0.3) is 0 Å². The molecule has 1 aromatic rings. The molecule has 0 aromatic carbocycles. The van der Waals surface area contributed by atoms with Crippen LogP contribution >= 0.6 is 0 Å². The first-order valence-corrected chi connectivity index (χ1v) is 8.25. The summed E-state index contributed by atoms with van der Waals surface area (Å²) < 4.78 is 1.98. The van der Waals surface area contributed by atoms with E-state index >= 15 is 0 Å². The molecule has 0 saturated heterocycles. The van der Waals surface area contributed by atoms with Crippen LogP contribution in [0.1, 0.15) is 62.9 Å². The zero-order valence-electron chi connectivity index (χ0n) is 13.7. The van der Waals surface area contributed by atoms with Gasteiger partial charge < -0.3 is 11.1 Å². The number of aryl methyl sites for hydroxylation is 2. The van der Waals surface area contributed by atoms with Gasteiger partial charge in [-0.05, 0) is 25.7 Å². The van der Waals surface area contributed by atoms with E-state index in [9.17, 15) is 0 Å². The Kier molecular flexibility index (Phi) is 5.65. The van der Waals surface area contributed by atoms with Gasteiger partial charge in [0.05, 0.1) is 12.2 Å². The van der Waals surface area contributed by atoms with Crippen LogP contribution in [0.15, 0.2) is 4.99 Å². The molecule has 3 N–H and O–H groups in total. The third-order valence-electron chi connectivity index (χ3n) is 4.39. The van der Waals surface area contributed by atoms with Crippen molar-refractivity contribution >= 4 is 5.96 Å². The standard InChI is InChI=1S/C16H29N5/c1-4-14-13(15(5-2)21(3)20-14)11-18-16(17)19-12-9-7-6-8-10-12/h12H,4-11H2,1-3H3,(H3,17,18,19). The maximum absolute atomic E-state index is 6.05. The highest BCUT2D eigenvalue weighted by Gasteiger charge is 2.15. The summed E-state index contributed by atoms with van der Waals surface area (Å²) in [6.45, 7) is 4.93. The summed E-state index contributed by atoms with van der Waals surface area (Å²) in [5.74, 6) is 0.579. The fourth-order valence-corrected chi connectivity index (χ4v) is 3.24. The van der Waals surface area contributed by atoms with Crippen molar-refractivity contribution in [2.45, 2.75) is 71.4 Å². The number of nitrogens with zero attached hydrogens (tertiary/aromatic N) is 3. The largest absolute Gasteiger partial charge is 0.370 e. The highest BCUT2D eigenvalue weighted by molar-refractivity contribution is 5.78. The second-order valence-electron chi connectivity index (χ2n) is 5.88. The topological polar surface area (TPSA) is 68.2 Å². The fourth-order valence-electron chi connectivity index (χ4n) is 3.24. The Balaban J connectivity index is 2.01. The molecule has 1 aliphatic carbocycles. The molecule has 1 aromatic heterocycles. The van der Waals surface area contributed by atoms with E-state index in [0.717, 1.165) is 18.5 Å². The molecule has 2 rings (SSSR count). The SMILES string of the molecule is CCc1nn(C)c(CC)c1CN=C(N)NC1CCCCC1. The number of rotatable bonds is 5. The van der Waals surface area contributed by atoms with Crippen LogP contribution in [0.4, 0.5) is 0 Å². The normalized spacial score (nSPS) is 17.2. The molecule has 118 valence electrons. The Morgan fingerprint density at radius 1 is 1.29 bits per heavy atom. The molecule has 5 heteroatoms. The van der Waals surface area contributed by atoms with Crippen LogP contribution < -0.4 is 11.1 Å². The lowest BCUT2D eigenvalue weighted by molar-refractivity contribution is 0.412. The number of aromatic nitrogens is 2. The van der Waals surface area contributed by atoms with E-state index in [4.69, 9.17) is 5.73 Å². The summed E-state index contributed by atoms with van der Waals surface area (Å²) in [7, 11) is 2.01. The Labute approximate surface area is 128 Å². The smallest absolute Gasteiger partial charge is 0.189 e. The summed E-state index contributed by atoms with van der Waals surface area (Å²) in [5.41, 5.74) is 9.71. The van der Waals surface area contributed by atoms with Crippen molar-refractivity contribution in [1.29, 1.82) is 0 Å². The molecule has 1 heterocycles. The molecule has 5 nitrogen and oxygen atoms in total. The van der Waals surface area contributed by atoms with Crippen molar-refractivity contribution in [2.24, 2.45) is 17.8 Å². The van der Waals surface area contributed by atoms with E-state index in [1.165, 1.54) is 43.4 Å². The Hall–Kier alpha value is -1.52. The zero-order valence-corrected chi connectivity index (χ0v) is 13.7. The maximum Gasteiger partial charge on any atom is 0.189 e. The van der Waals surface area contributed by atoms with E-state index in [-0.39, 0.29) is 0 Å². The van der Waals surface area contributed by atoms with Gasteiger partial charge in [0.15, 0.2) is 5.96 Å². The van der Waals surface area contributed by atoms with E-state index in [1.807, 2.05) is 11.7 Å². The lowest BCUT2D eigenvalue weighted by atomic mass is 9.96. The Morgan fingerprint density at radius 3 is 2.62 bits per heavy atom. The van der Waals surface area contributed by atoms with Crippen molar-refractivity contribution in [2.75, 3.05) is 0 Å². The zero-order chi connectivity index (χ0) is 15.2. The van der Waals surface area contributed by atoms with Crippen molar-refractivity contribution in [1.82, 2.24) is 15.1 Å². The highest BCUT2D eigenvalue weighted by atomic mass is 15.3. The van der Waals surface area contributed by atoms with Crippen LogP contribution in [0.5, 0.6) is 0 Å². The third-order valence-corrected chi connectivity index (χ3v) is 4.39. The van der Waals surface area contributed by atoms with Gasteiger partial charge >= 0.3 is 0 Å². The summed E-state index contributed by atoms with van der Waals surface area (Å²) in [5, 5.41) is 7.95. The predicted octanol–water partition coefficient (Wildman–Crippen LogP) is 2.28. The number of aliphatic imine (C=N–C) groups is 1. The maximum atomic E-state index is 6.05. The molecule has 0 unspecified atom stereocenters. The summed E-state index contributed by atoms with van der Waals surface area (Å²) in [4.78, 5) is 4.55. The average Bonchev–Trinajstić information content (AvgIpc) is 2.81. The van der Waals surface area contributed by atoms with E-state index < -0.39 is 0 Å². The molecule has 0 spiro atoms. The summed E-state index contributed by atoms with van der Waals surface area (Å²) in [6, 6.07) is 0.507. The predicted molar refractivity (Wildman–Crippen MR) is 87.3 cm³/mol. The van der Waals surface area contributed by atoms with Crippen molar-refractivity contribution in [3.8, 4) is 0 Å². The molecule has 1 aliphatic rings. The minimum Gasteiger partial charge on any atom is -0.370 e. The first-order chi connectivity index (χ1) is 10.2. The quantitative estimate of drug-likeness (QED) is 0.646. The van der Waals surface area contributed by atoms with Gasteiger partial charge in [-0.25, -0.2) is 4.99 Å². The number of nitrogens with one attached hydrogen (secondary N) is 1. The first kappa shape index (κ1) is 15.9. The van der Waals surface area contributed by atoms with E-state index in [2.05, 4.69) is 29.3 Å². The molecular formula is C16H29N5. The Morgan fingerprint density at radius 2 is 2.00 bits per heavy atom. The average molecular weight is 291 g/mol. The fraction of sp³-hybridized carbons (Fsp3) is 0.750. The van der Waals surface area contributed by atoms with Gasteiger partial charge in [-0.15, -0.1) is 0 Å². The van der Waals surface area contributed by atoms with Crippen LogP contribution in [0.25, 0.3) is 0 Å². The number of hydrogen-bond acceptors (Lipinski definition) is 2. The lowest BCUT2D eigenvalue weighted by Crippen LogP contribution is -2.41. The van der Waals surface area contributed by atoms with Crippen LogP contribution in [-0.2, 0) is 26.4 Å². The summed E-state index contributed by atoms with van der Waals surface area (Å²) >= 11 is 0. The molecule has 0 radical (unpaired) electrons. The van der Waals surface area contributed by atoms with Gasteiger partial charge in [0.2, 0.25) is 0 Å². The van der Waals surface area contributed by atoms with Gasteiger partial charge in [0, 0.05) is 24.3 Å². The third kappa shape index (κ3) is 3.99. The minimum atomic E-state index is 0.507. The monoisotopic (exact) mass is 291 g/mol. The van der Waals surface area contributed by atoms with Gasteiger partial charge in [0.1, 0.15) is 0 Å². The highest BCUT2D eigenvalue weighted by Crippen LogP contribution is 2.18. The minimum absolute atomic E-state index is 0.507. The second-order valence-corrected chi connectivity index (χ2v) is 5.88. The molecule has 1 fully saturated rings. The first-order valence-electron chi connectivity index (χ1n) is 8.25. The molecule has 0 bridgehead atoms.